The van der Waals surface area contributed by atoms with Gasteiger partial charge in [0.2, 0.25) is 0 Å². The summed E-state index contributed by atoms with van der Waals surface area (Å²) < 4.78 is 7.10. The van der Waals surface area contributed by atoms with Crippen LogP contribution in [-0.2, 0) is 4.74 Å². The molecule has 3 aliphatic heterocycles. The fourth-order valence-electron chi connectivity index (χ4n) is 7.81. The molecule has 4 heterocycles. The van der Waals surface area contributed by atoms with Crippen molar-refractivity contribution in [3.63, 3.8) is 0 Å². The first-order valence-corrected chi connectivity index (χ1v) is 15.9. The molecule has 0 aromatic carbocycles. The van der Waals surface area contributed by atoms with Crippen LogP contribution in [0.3, 0.4) is 0 Å². The first kappa shape index (κ1) is 29.1. The molecule has 4 fully saturated rings. The predicted molar refractivity (Wildman–Crippen MR) is 153 cm³/mol. The number of hydrogen-bond donors (Lipinski definition) is 0. The largest absolute Gasteiger partial charge is 0.711 e. The molecule has 4 aliphatic rings. The summed E-state index contributed by atoms with van der Waals surface area (Å²) in [5.74, 6) is 0.952. The highest BCUT2D eigenvalue weighted by Gasteiger charge is 2.50. The van der Waals surface area contributed by atoms with E-state index >= 15 is 0 Å². The van der Waals surface area contributed by atoms with Gasteiger partial charge in [0.05, 0.1) is 0 Å². The Bertz CT molecular complexity index is 1040. The molecule has 3 saturated heterocycles. The zero-order valence-corrected chi connectivity index (χ0v) is 24.9. The van der Waals surface area contributed by atoms with Crippen molar-refractivity contribution in [2.24, 2.45) is 11.8 Å². The Morgan fingerprint density at radius 2 is 1.80 bits per heavy atom. The standard InChI is InChI=1S/C31H49N5O4/c1-4-5-11-26-21-35(20-25-9-7-6-8-10-25)30(38)40-31(26)14-18-33(19-15-31)27-12-16-34(17-13-27)29(37)28-23(2)32-22-36(39)24(28)3/h22,25-27H,4-21H2,1-3H3. The van der Waals surface area contributed by atoms with E-state index in [1.807, 2.05) is 9.80 Å². The summed E-state index contributed by atoms with van der Waals surface area (Å²) in [5, 5.41) is 12.0. The Morgan fingerprint density at radius 1 is 1.10 bits per heavy atom. The SMILES string of the molecule is CCCCC1CN(CC2CCCCC2)C(=O)OC12CCN(C1CCN(C(=O)c3c(C)nc[n+]([O-])c3C)CC1)CC2. The minimum atomic E-state index is -0.328. The molecule has 222 valence electrons. The summed E-state index contributed by atoms with van der Waals surface area (Å²) in [4.78, 5) is 37.1. The Hall–Kier alpha value is -2.42. The van der Waals surface area contributed by atoms with Gasteiger partial charge in [0.1, 0.15) is 16.9 Å². The molecule has 0 N–H and O–H groups in total. The number of piperidine rings is 2. The molecule has 40 heavy (non-hydrogen) atoms. The molecule has 1 aliphatic carbocycles. The lowest BCUT2D eigenvalue weighted by atomic mass is 9.75. The smallest absolute Gasteiger partial charge is 0.410 e. The summed E-state index contributed by atoms with van der Waals surface area (Å²) >= 11 is 0. The normalized spacial score (nSPS) is 24.9. The van der Waals surface area contributed by atoms with E-state index in [2.05, 4.69) is 16.8 Å². The monoisotopic (exact) mass is 555 g/mol. The Kier molecular flexibility index (Phi) is 9.18. The van der Waals surface area contributed by atoms with E-state index in [1.165, 1.54) is 51.3 Å². The average Bonchev–Trinajstić information content (AvgIpc) is 2.97. The Morgan fingerprint density at radius 3 is 2.48 bits per heavy atom. The summed E-state index contributed by atoms with van der Waals surface area (Å²) in [6, 6.07) is 0.429. The third kappa shape index (κ3) is 6.09. The maximum atomic E-state index is 13.3. The molecular formula is C31H49N5O4. The van der Waals surface area contributed by atoms with E-state index in [1.54, 1.807) is 13.8 Å². The number of amides is 2. The average molecular weight is 556 g/mol. The number of aromatic nitrogens is 2. The second-order valence-corrected chi connectivity index (χ2v) is 12.9. The highest BCUT2D eigenvalue weighted by molar-refractivity contribution is 5.96. The van der Waals surface area contributed by atoms with Crippen LogP contribution in [-0.4, -0.2) is 82.6 Å². The Labute approximate surface area is 239 Å². The molecular weight excluding hydrogens is 506 g/mol. The number of aryl methyl sites for hydroxylation is 1. The molecule has 5 rings (SSSR count). The lowest BCUT2D eigenvalue weighted by Crippen LogP contribution is -2.61. The zero-order valence-electron chi connectivity index (χ0n) is 24.9. The summed E-state index contributed by atoms with van der Waals surface area (Å²) in [6.07, 6.45) is 14.7. The third-order valence-corrected chi connectivity index (χ3v) is 10.4. The van der Waals surface area contributed by atoms with Gasteiger partial charge in [0, 0.05) is 71.0 Å². The fraction of sp³-hybridized carbons (Fsp3) is 0.806. The van der Waals surface area contributed by atoms with E-state index in [0.29, 0.717) is 52.6 Å². The van der Waals surface area contributed by atoms with Crippen molar-refractivity contribution in [1.29, 1.82) is 0 Å². The molecule has 0 radical (unpaired) electrons. The number of ether oxygens (including phenoxy) is 1. The van der Waals surface area contributed by atoms with Crippen molar-refractivity contribution in [1.82, 2.24) is 19.7 Å². The van der Waals surface area contributed by atoms with Crippen LogP contribution < -0.4 is 4.73 Å². The number of unbranched alkanes of at least 4 members (excludes halogenated alkanes) is 1. The van der Waals surface area contributed by atoms with Gasteiger partial charge in [-0.3, -0.25) is 9.69 Å². The van der Waals surface area contributed by atoms with E-state index in [4.69, 9.17) is 4.74 Å². The van der Waals surface area contributed by atoms with Crippen LogP contribution in [0.4, 0.5) is 4.79 Å². The number of nitrogens with zero attached hydrogens (tertiary/aromatic N) is 5. The molecule has 1 aromatic rings. The molecule has 1 unspecified atom stereocenters. The van der Waals surface area contributed by atoms with Gasteiger partial charge in [-0.2, -0.15) is 0 Å². The highest BCUT2D eigenvalue weighted by Crippen LogP contribution is 2.42. The van der Waals surface area contributed by atoms with Gasteiger partial charge in [-0.25, -0.2) is 9.52 Å². The summed E-state index contributed by atoms with van der Waals surface area (Å²) in [5.41, 5.74) is 1.13. The lowest BCUT2D eigenvalue weighted by molar-refractivity contribution is -0.615. The number of carbonyl (C=O) groups excluding carboxylic acids is 2. The van der Waals surface area contributed by atoms with E-state index in [0.717, 1.165) is 58.3 Å². The summed E-state index contributed by atoms with van der Waals surface area (Å²) in [6.45, 7) is 10.7. The van der Waals surface area contributed by atoms with Gasteiger partial charge >= 0.3 is 6.09 Å². The van der Waals surface area contributed by atoms with Crippen molar-refractivity contribution in [2.75, 3.05) is 39.3 Å². The van der Waals surface area contributed by atoms with E-state index in [9.17, 15) is 14.8 Å². The van der Waals surface area contributed by atoms with Crippen molar-refractivity contribution in [3.8, 4) is 0 Å². The van der Waals surface area contributed by atoms with Crippen LogP contribution in [0.25, 0.3) is 0 Å². The first-order chi connectivity index (χ1) is 19.3. The molecule has 9 nitrogen and oxygen atoms in total. The van der Waals surface area contributed by atoms with Gasteiger partial charge in [-0.15, -0.1) is 0 Å². The number of hydrogen-bond acceptors (Lipinski definition) is 6. The van der Waals surface area contributed by atoms with Crippen LogP contribution in [0.5, 0.6) is 0 Å². The topological polar surface area (TPSA) is 92.9 Å². The van der Waals surface area contributed by atoms with Crippen LogP contribution in [0.2, 0.25) is 0 Å². The van der Waals surface area contributed by atoms with E-state index in [-0.39, 0.29) is 17.6 Å². The summed E-state index contributed by atoms with van der Waals surface area (Å²) in [7, 11) is 0. The highest BCUT2D eigenvalue weighted by atomic mass is 16.6. The van der Waals surface area contributed by atoms with Crippen LogP contribution in [0, 0.1) is 30.9 Å². The molecule has 1 aromatic heterocycles. The van der Waals surface area contributed by atoms with Crippen molar-refractivity contribution in [2.45, 2.75) is 109 Å². The third-order valence-electron chi connectivity index (χ3n) is 10.4. The van der Waals surface area contributed by atoms with Gasteiger partial charge in [0.15, 0.2) is 5.69 Å². The van der Waals surface area contributed by atoms with Gasteiger partial charge in [0.25, 0.3) is 12.2 Å². The van der Waals surface area contributed by atoms with Crippen molar-refractivity contribution < 1.29 is 19.1 Å². The van der Waals surface area contributed by atoms with Crippen molar-refractivity contribution >= 4 is 12.0 Å². The van der Waals surface area contributed by atoms with E-state index < -0.39 is 0 Å². The minimum absolute atomic E-state index is 0.0843. The number of likely N-dealkylation sites (tertiary alicyclic amines) is 2. The second kappa shape index (κ2) is 12.6. The van der Waals surface area contributed by atoms with Crippen molar-refractivity contribution in [3.05, 3.63) is 28.5 Å². The minimum Gasteiger partial charge on any atom is -0.711 e. The predicted octanol–water partition coefficient (Wildman–Crippen LogP) is 4.61. The Balaban J connectivity index is 1.17. The molecule has 9 heteroatoms. The maximum absolute atomic E-state index is 13.3. The molecule has 1 saturated carbocycles. The van der Waals surface area contributed by atoms with Gasteiger partial charge < -0.3 is 19.7 Å². The lowest BCUT2D eigenvalue weighted by Gasteiger charge is -2.52. The molecule has 0 bridgehead atoms. The zero-order chi connectivity index (χ0) is 28.3. The van der Waals surface area contributed by atoms with Gasteiger partial charge in [-0.05, 0) is 44.9 Å². The quantitative estimate of drug-likeness (QED) is 0.360. The maximum Gasteiger partial charge on any atom is 0.410 e. The second-order valence-electron chi connectivity index (χ2n) is 12.9. The number of rotatable bonds is 7. The molecule has 2 amide bonds. The van der Waals surface area contributed by atoms with Gasteiger partial charge in [-0.1, -0.05) is 44.0 Å². The fourth-order valence-corrected chi connectivity index (χ4v) is 7.81. The van der Waals surface area contributed by atoms with Crippen LogP contribution in [0.1, 0.15) is 106 Å². The first-order valence-electron chi connectivity index (χ1n) is 15.9. The molecule has 1 spiro atoms. The van der Waals surface area contributed by atoms with Crippen LogP contribution in [0.15, 0.2) is 6.33 Å². The molecule has 1 atom stereocenters. The number of carbonyl (C=O) groups is 2. The van der Waals surface area contributed by atoms with Crippen LogP contribution >= 0.6 is 0 Å².